The highest BCUT2D eigenvalue weighted by Gasteiger charge is 2.29. The van der Waals surface area contributed by atoms with Crippen molar-refractivity contribution in [2.45, 2.75) is 18.9 Å². The molecule has 2 fully saturated rings. The van der Waals surface area contributed by atoms with Gasteiger partial charge in [-0.05, 0) is 12.8 Å². The van der Waals surface area contributed by atoms with Crippen LogP contribution in [0.3, 0.4) is 0 Å². The summed E-state index contributed by atoms with van der Waals surface area (Å²) in [5.74, 6) is 0.0207. The van der Waals surface area contributed by atoms with E-state index in [0.717, 1.165) is 32.5 Å². The van der Waals surface area contributed by atoms with Crippen LogP contribution in [0.5, 0.6) is 0 Å². The maximum Gasteiger partial charge on any atom is 0.242 e. The molecule has 2 saturated heterocycles. The number of carbonyl (C=O) groups is 2. The lowest BCUT2D eigenvalue weighted by atomic mass is 10.0. The average molecular weight is 197 g/mol. The number of rotatable bonds is 2. The molecule has 5 nitrogen and oxygen atoms in total. The molecule has 3 N–H and O–H groups in total. The molecule has 2 heterocycles. The van der Waals surface area contributed by atoms with Crippen molar-refractivity contribution >= 4 is 11.8 Å². The summed E-state index contributed by atoms with van der Waals surface area (Å²) < 4.78 is 0. The molecule has 1 atom stereocenters. The van der Waals surface area contributed by atoms with Gasteiger partial charge in [0.2, 0.25) is 11.8 Å². The molecule has 0 aromatic carbocycles. The van der Waals surface area contributed by atoms with E-state index in [2.05, 4.69) is 16.0 Å². The van der Waals surface area contributed by atoms with Gasteiger partial charge in [0.15, 0.2) is 0 Å². The van der Waals surface area contributed by atoms with Crippen LogP contribution in [0.25, 0.3) is 0 Å². The van der Waals surface area contributed by atoms with Crippen molar-refractivity contribution < 1.29 is 9.59 Å². The minimum atomic E-state index is -0.308. The monoisotopic (exact) mass is 197 g/mol. The predicted octanol–water partition coefficient (Wildman–Crippen LogP) is -1.40. The van der Waals surface area contributed by atoms with Crippen molar-refractivity contribution in [3.63, 3.8) is 0 Å². The molecule has 1 unspecified atom stereocenters. The van der Waals surface area contributed by atoms with Crippen molar-refractivity contribution in [1.29, 1.82) is 0 Å². The molecular weight excluding hydrogens is 182 g/mol. The van der Waals surface area contributed by atoms with Crippen LogP contribution in [0.4, 0.5) is 0 Å². The Balaban J connectivity index is 1.82. The van der Waals surface area contributed by atoms with Crippen molar-refractivity contribution in [3.8, 4) is 0 Å². The second kappa shape index (κ2) is 3.96. The molecule has 0 bridgehead atoms. The van der Waals surface area contributed by atoms with Crippen LogP contribution >= 0.6 is 0 Å². The molecule has 2 rings (SSSR count). The quantitative estimate of drug-likeness (QED) is 0.510. The Labute approximate surface area is 82.6 Å². The zero-order chi connectivity index (χ0) is 9.97. The maximum atomic E-state index is 11.5. The van der Waals surface area contributed by atoms with Crippen LogP contribution in [0, 0.1) is 5.92 Å². The molecule has 0 aliphatic carbocycles. The third-order valence-corrected chi connectivity index (χ3v) is 2.75. The van der Waals surface area contributed by atoms with Crippen LogP contribution in [-0.2, 0) is 9.59 Å². The van der Waals surface area contributed by atoms with E-state index in [1.165, 1.54) is 0 Å². The Hall–Kier alpha value is -1.10. The molecule has 2 aliphatic heterocycles. The lowest BCUT2D eigenvalue weighted by molar-refractivity contribution is -0.132. The van der Waals surface area contributed by atoms with Gasteiger partial charge in [0.05, 0.1) is 5.92 Å². The summed E-state index contributed by atoms with van der Waals surface area (Å²) in [6, 6.07) is -0.308. The number of amides is 2. The molecule has 0 aromatic heterocycles. The Kier molecular flexibility index (Phi) is 2.67. The molecule has 0 saturated carbocycles. The minimum absolute atomic E-state index is 0.00537. The van der Waals surface area contributed by atoms with Crippen LogP contribution in [0.15, 0.2) is 0 Å². The standard InChI is InChI=1S/C9H15N3O2/c13-8(6-4-10-5-6)12-7-2-1-3-11-9(7)14/h6-7,10H,1-5H2,(H,11,14)(H,12,13). The third kappa shape index (κ3) is 1.87. The van der Waals surface area contributed by atoms with Gasteiger partial charge in [-0.15, -0.1) is 0 Å². The fourth-order valence-corrected chi connectivity index (χ4v) is 1.67. The van der Waals surface area contributed by atoms with Gasteiger partial charge in [-0.2, -0.15) is 0 Å². The molecule has 0 spiro atoms. The van der Waals surface area contributed by atoms with Gasteiger partial charge in [0, 0.05) is 19.6 Å². The van der Waals surface area contributed by atoms with Crippen molar-refractivity contribution in [2.75, 3.05) is 19.6 Å². The molecule has 0 aromatic rings. The largest absolute Gasteiger partial charge is 0.354 e. The van der Waals surface area contributed by atoms with E-state index < -0.39 is 0 Å². The lowest BCUT2D eigenvalue weighted by Crippen LogP contribution is -2.56. The molecule has 78 valence electrons. The number of piperidine rings is 1. The van der Waals surface area contributed by atoms with E-state index in [-0.39, 0.29) is 23.8 Å². The molecule has 5 heteroatoms. The molecule has 2 amide bonds. The van der Waals surface area contributed by atoms with Gasteiger partial charge in [-0.3, -0.25) is 9.59 Å². The SMILES string of the molecule is O=C(NC1CCCNC1=O)C1CNC1. The van der Waals surface area contributed by atoms with Crippen LogP contribution in [0.1, 0.15) is 12.8 Å². The zero-order valence-electron chi connectivity index (χ0n) is 8.01. The summed E-state index contributed by atoms with van der Waals surface area (Å²) in [7, 11) is 0. The first-order valence-electron chi connectivity index (χ1n) is 5.06. The Morgan fingerprint density at radius 1 is 1.43 bits per heavy atom. The third-order valence-electron chi connectivity index (χ3n) is 2.75. The van der Waals surface area contributed by atoms with E-state index in [9.17, 15) is 9.59 Å². The van der Waals surface area contributed by atoms with Gasteiger partial charge < -0.3 is 16.0 Å². The first kappa shape index (κ1) is 9.45. The van der Waals surface area contributed by atoms with Crippen molar-refractivity contribution in [2.24, 2.45) is 5.92 Å². The summed E-state index contributed by atoms with van der Waals surface area (Å²) in [6.45, 7) is 2.20. The number of nitrogens with one attached hydrogen (secondary N) is 3. The highest BCUT2D eigenvalue weighted by atomic mass is 16.2. The second-order valence-corrected chi connectivity index (χ2v) is 3.85. The summed E-state index contributed by atoms with van der Waals surface area (Å²) in [5, 5.41) is 8.55. The first-order valence-corrected chi connectivity index (χ1v) is 5.06. The summed E-state index contributed by atoms with van der Waals surface area (Å²) in [5.41, 5.74) is 0. The first-order chi connectivity index (χ1) is 6.77. The Bertz CT molecular complexity index is 250. The fourth-order valence-electron chi connectivity index (χ4n) is 1.67. The van der Waals surface area contributed by atoms with Crippen LogP contribution in [-0.4, -0.2) is 37.5 Å². The molecular formula is C9H15N3O2. The van der Waals surface area contributed by atoms with Gasteiger partial charge in [0.1, 0.15) is 6.04 Å². The van der Waals surface area contributed by atoms with E-state index >= 15 is 0 Å². The summed E-state index contributed by atoms with van der Waals surface area (Å²) in [4.78, 5) is 22.8. The topological polar surface area (TPSA) is 70.2 Å². The van der Waals surface area contributed by atoms with Gasteiger partial charge in [-0.1, -0.05) is 0 Å². The fraction of sp³-hybridized carbons (Fsp3) is 0.778. The number of hydrogen-bond donors (Lipinski definition) is 3. The van der Waals surface area contributed by atoms with Crippen molar-refractivity contribution in [1.82, 2.24) is 16.0 Å². The number of carbonyl (C=O) groups excluding carboxylic acids is 2. The van der Waals surface area contributed by atoms with E-state index in [1.54, 1.807) is 0 Å². The number of hydrogen-bond acceptors (Lipinski definition) is 3. The Morgan fingerprint density at radius 2 is 2.21 bits per heavy atom. The van der Waals surface area contributed by atoms with Gasteiger partial charge in [-0.25, -0.2) is 0 Å². The highest BCUT2D eigenvalue weighted by molar-refractivity contribution is 5.89. The van der Waals surface area contributed by atoms with Gasteiger partial charge in [0.25, 0.3) is 0 Å². The minimum Gasteiger partial charge on any atom is -0.354 e. The highest BCUT2D eigenvalue weighted by Crippen LogP contribution is 2.07. The Morgan fingerprint density at radius 3 is 2.79 bits per heavy atom. The van der Waals surface area contributed by atoms with Crippen LogP contribution in [0.2, 0.25) is 0 Å². The van der Waals surface area contributed by atoms with Crippen LogP contribution < -0.4 is 16.0 Å². The maximum absolute atomic E-state index is 11.5. The summed E-state index contributed by atoms with van der Waals surface area (Å²) >= 11 is 0. The van der Waals surface area contributed by atoms with Gasteiger partial charge >= 0.3 is 0 Å². The average Bonchev–Trinajstić information content (AvgIpc) is 2.05. The molecule has 0 radical (unpaired) electrons. The molecule has 14 heavy (non-hydrogen) atoms. The lowest BCUT2D eigenvalue weighted by Gasteiger charge is -2.29. The molecule has 2 aliphatic rings. The van der Waals surface area contributed by atoms with E-state index in [4.69, 9.17) is 0 Å². The van der Waals surface area contributed by atoms with Crippen molar-refractivity contribution in [3.05, 3.63) is 0 Å². The normalized spacial score (nSPS) is 27.7. The zero-order valence-corrected chi connectivity index (χ0v) is 8.01. The smallest absolute Gasteiger partial charge is 0.242 e. The second-order valence-electron chi connectivity index (χ2n) is 3.85. The summed E-state index contributed by atoms with van der Waals surface area (Å²) in [6.07, 6.45) is 1.71. The van der Waals surface area contributed by atoms with E-state index in [1.807, 2.05) is 0 Å². The predicted molar refractivity (Wildman–Crippen MR) is 50.5 cm³/mol. The van der Waals surface area contributed by atoms with E-state index in [0.29, 0.717) is 0 Å².